The van der Waals surface area contributed by atoms with E-state index in [1.165, 1.54) is 30.6 Å². The average molecular weight is 582 g/mol. The van der Waals surface area contributed by atoms with Crippen LogP contribution in [0.1, 0.15) is 31.2 Å². The Kier molecular flexibility index (Phi) is 9.78. The third-order valence-corrected chi connectivity index (χ3v) is 7.65. The number of piperidine rings is 1. The number of hydrogen-bond donors (Lipinski definition) is 4. The molecule has 1 unspecified atom stereocenters. The number of halogens is 2. The number of aliphatic hydroxyl groups is 1. The van der Waals surface area contributed by atoms with Crippen molar-refractivity contribution in [3.05, 3.63) is 70.9 Å². The van der Waals surface area contributed by atoms with Crippen LogP contribution in [0.5, 0.6) is 5.75 Å². The van der Waals surface area contributed by atoms with E-state index in [1.54, 1.807) is 18.2 Å². The lowest BCUT2D eigenvalue weighted by Gasteiger charge is -2.30. The van der Waals surface area contributed by atoms with Gasteiger partial charge in [-0.25, -0.2) is 8.78 Å². The molecule has 3 aliphatic heterocycles. The van der Waals surface area contributed by atoms with Crippen LogP contribution < -0.4 is 21.1 Å². The standard InChI is InChI=1S/C30H37F2N7O3/c31-22-3-1-20(2-4-22)15-28(41)35-11-10-34-24-5-6-27(26(32)17-24)42-30-29-21(18-38-12-7-23(33)8-13-38)16-25(9-14-40)39(29)37-19-36-30/h1-6,17,19,23,25,34,40H,7-16,18,33H2,(H,35,41). The van der Waals surface area contributed by atoms with E-state index in [9.17, 15) is 14.3 Å². The van der Waals surface area contributed by atoms with Crippen molar-refractivity contribution in [1.82, 2.24) is 15.2 Å². The molecule has 2 aromatic rings. The Bertz CT molecular complexity index is 1340. The Hall–Kier alpha value is -3.87. The molecule has 10 nitrogen and oxygen atoms in total. The maximum Gasteiger partial charge on any atom is 0.246 e. The Balaban J connectivity index is 1.18. The van der Waals surface area contributed by atoms with Crippen molar-refractivity contribution >= 4 is 23.8 Å². The van der Waals surface area contributed by atoms with Gasteiger partial charge in [0.2, 0.25) is 11.8 Å². The first-order valence-corrected chi connectivity index (χ1v) is 14.3. The molecule has 0 radical (unpaired) electrons. The lowest BCUT2D eigenvalue weighted by molar-refractivity contribution is -0.120. The fourth-order valence-electron chi connectivity index (χ4n) is 5.43. The second kappa shape index (κ2) is 13.9. The predicted octanol–water partition coefficient (Wildman–Crippen LogP) is 2.60. The van der Waals surface area contributed by atoms with E-state index in [4.69, 9.17) is 10.5 Å². The molecule has 0 bridgehead atoms. The van der Waals surface area contributed by atoms with Crippen molar-refractivity contribution < 1.29 is 23.4 Å². The van der Waals surface area contributed by atoms with Gasteiger partial charge in [0.15, 0.2) is 11.6 Å². The molecule has 3 aliphatic rings. The van der Waals surface area contributed by atoms with Crippen molar-refractivity contribution in [2.24, 2.45) is 15.8 Å². The van der Waals surface area contributed by atoms with Crippen LogP contribution in [0.3, 0.4) is 0 Å². The van der Waals surface area contributed by atoms with Crippen LogP contribution in [0, 0.1) is 11.6 Å². The first-order chi connectivity index (χ1) is 20.4. The molecule has 0 aromatic heterocycles. The van der Waals surface area contributed by atoms with Gasteiger partial charge in [-0.15, -0.1) is 0 Å². The molecule has 5 rings (SSSR count). The van der Waals surface area contributed by atoms with Crippen LogP contribution in [-0.4, -0.2) is 84.6 Å². The molecule has 5 N–H and O–H groups in total. The normalized spacial score (nSPS) is 19.1. The molecule has 0 saturated carbocycles. The number of nitrogens with one attached hydrogen (secondary N) is 2. The summed E-state index contributed by atoms with van der Waals surface area (Å²) in [5, 5.41) is 21.8. The van der Waals surface area contributed by atoms with Crippen molar-refractivity contribution in [3.8, 4) is 5.75 Å². The van der Waals surface area contributed by atoms with Crippen molar-refractivity contribution in [1.29, 1.82) is 0 Å². The number of amides is 1. The van der Waals surface area contributed by atoms with E-state index >= 15 is 4.39 Å². The lowest BCUT2D eigenvalue weighted by atomic mass is 10.0. The van der Waals surface area contributed by atoms with Crippen LogP contribution in [-0.2, 0) is 11.2 Å². The van der Waals surface area contributed by atoms with Crippen LogP contribution in [0.2, 0.25) is 0 Å². The monoisotopic (exact) mass is 581 g/mol. The predicted molar refractivity (Wildman–Crippen MR) is 157 cm³/mol. The molecule has 1 fully saturated rings. The number of anilines is 1. The number of benzene rings is 2. The highest BCUT2D eigenvalue weighted by molar-refractivity contribution is 6.01. The Morgan fingerprint density at radius 1 is 1.12 bits per heavy atom. The molecule has 3 heterocycles. The van der Waals surface area contributed by atoms with Gasteiger partial charge in [-0.1, -0.05) is 12.1 Å². The number of rotatable bonds is 11. The molecule has 1 saturated heterocycles. The molecule has 1 amide bonds. The summed E-state index contributed by atoms with van der Waals surface area (Å²) in [5.41, 5.74) is 9.16. The summed E-state index contributed by atoms with van der Waals surface area (Å²) in [6, 6.07) is 10.6. The minimum Gasteiger partial charge on any atom is -0.434 e. The molecule has 0 aliphatic carbocycles. The highest BCUT2D eigenvalue weighted by atomic mass is 19.1. The van der Waals surface area contributed by atoms with Crippen LogP contribution in [0.4, 0.5) is 14.5 Å². The number of nitrogens with zero attached hydrogens (tertiary/aromatic N) is 4. The minimum absolute atomic E-state index is 0.0231. The average Bonchev–Trinajstić information content (AvgIpc) is 3.33. The SMILES string of the molecule is NC1CCN(CC2=C3C(Oc4ccc(NCCNC(=O)Cc5ccc(F)cc5)cc4F)=NC=NN3C(CCO)C2)CC1. The molecule has 2 aromatic carbocycles. The number of likely N-dealkylation sites (tertiary alicyclic amines) is 1. The van der Waals surface area contributed by atoms with Gasteiger partial charge in [-0.2, -0.15) is 10.1 Å². The zero-order chi connectivity index (χ0) is 29.5. The number of fused-ring (bicyclic) bond motifs is 1. The van der Waals surface area contributed by atoms with Gasteiger partial charge in [0.25, 0.3) is 0 Å². The fourth-order valence-corrected chi connectivity index (χ4v) is 5.43. The zero-order valence-electron chi connectivity index (χ0n) is 23.4. The maximum atomic E-state index is 15.1. The number of nitrogens with two attached hydrogens (primary N) is 1. The molecular weight excluding hydrogens is 544 g/mol. The first-order valence-electron chi connectivity index (χ1n) is 14.3. The molecule has 0 spiro atoms. The number of hydrazone groups is 1. The van der Waals surface area contributed by atoms with E-state index in [0.717, 1.165) is 42.8 Å². The number of aliphatic imine (C=N–C) groups is 1. The van der Waals surface area contributed by atoms with E-state index in [2.05, 4.69) is 25.6 Å². The number of ether oxygens (including phenoxy) is 1. The second-order valence-corrected chi connectivity index (χ2v) is 10.8. The summed E-state index contributed by atoms with van der Waals surface area (Å²) >= 11 is 0. The van der Waals surface area contributed by atoms with Crippen molar-refractivity contribution in [2.75, 3.05) is 44.6 Å². The summed E-state index contributed by atoms with van der Waals surface area (Å²) < 4.78 is 34.2. The summed E-state index contributed by atoms with van der Waals surface area (Å²) in [5.74, 6) is -0.786. The Labute approximate surface area is 243 Å². The van der Waals surface area contributed by atoms with Crippen LogP contribution in [0.15, 0.2) is 63.8 Å². The van der Waals surface area contributed by atoms with Gasteiger partial charge in [-0.05, 0) is 74.2 Å². The van der Waals surface area contributed by atoms with Crippen molar-refractivity contribution in [2.45, 2.75) is 44.2 Å². The third-order valence-electron chi connectivity index (χ3n) is 7.65. The van der Waals surface area contributed by atoms with E-state index in [0.29, 0.717) is 38.2 Å². The second-order valence-electron chi connectivity index (χ2n) is 10.8. The largest absolute Gasteiger partial charge is 0.434 e. The fraction of sp³-hybridized carbons (Fsp3) is 0.433. The highest BCUT2D eigenvalue weighted by Gasteiger charge is 2.37. The van der Waals surface area contributed by atoms with Gasteiger partial charge in [0, 0.05) is 44.0 Å². The van der Waals surface area contributed by atoms with E-state index in [1.807, 2.05) is 5.01 Å². The van der Waals surface area contributed by atoms with Crippen molar-refractivity contribution in [3.63, 3.8) is 0 Å². The zero-order valence-corrected chi connectivity index (χ0v) is 23.4. The Morgan fingerprint density at radius 3 is 2.64 bits per heavy atom. The quantitative estimate of drug-likeness (QED) is 0.301. The topological polar surface area (TPSA) is 128 Å². The van der Waals surface area contributed by atoms with Gasteiger partial charge in [0.1, 0.15) is 17.9 Å². The number of hydrogen-bond acceptors (Lipinski definition) is 9. The molecule has 42 heavy (non-hydrogen) atoms. The molecular formula is C30H37F2N7O3. The summed E-state index contributed by atoms with van der Waals surface area (Å²) in [6.45, 7) is 3.27. The van der Waals surface area contributed by atoms with Gasteiger partial charge < -0.3 is 26.2 Å². The third kappa shape index (κ3) is 7.50. The highest BCUT2D eigenvalue weighted by Crippen LogP contribution is 2.35. The Morgan fingerprint density at radius 2 is 1.90 bits per heavy atom. The summed E-state index contributed by atoms with van der Waals surface area (Å²) in [4.78, 5) is 18.8. The van der Waals surface area contributed by atoms with Crippen LogP contribution in [0.25, 0.3) is 0 Å². The van der Waals surface area contributed by atoms with E-state index in [-0.39, 0.29) is 48.5 Å². The number of carbonyl (C=O) groups excluding carboxylic acids is 1. The number of aliphatic hydroxyl groups excluding tert-OH is 1. The molecule has 224 valence electrons. The van der Waals surface area contributed by atoms with Gasteiger partial charge in [0.05, 0.1) is 12.5 Å². The minimum atomic E-state index is -0.561. The lowest BCUT2D eigenvalue weighted by Crippen LogP contribution is -2.40. The van der Waals surface area contributed by atoms with Crippen LogP contribution >= 0.6 is 0 Å². The smallest absolute Gasteiger partial charge is 0.246 e. The maximum absolute atomic E-state index is 15.1. The first kappa shape index (κ1) is 29.6. The van der Waals surface area contributed by atoms with Gasteiger partial charge >= 0.3 is 0 Å². The summed E-state index contributed by atoms with van der Waals surface area (Å²) in [7, 11) is 0. The number of carbonyl (C=O) groups is 1. The van der Waals surface area contributed by atoms with E-state index < -0.39 is 5.82 Å². The molecule has 1 atom stereocenters. The summed E-state index contributed by atoms with van der Waals surface area (Å²) in [6.07, 6.45) is 4.68. The van der Waals surface area contributed by atoms with Gasteiger partial charge in [-0.3, -0.25) is 14.7 Å². The molecule has 12 heteroatoms.